The van der Waals surface area contributed by atoms with E-state index in [-0.39, 0.29) is 0 Å². The van der Waals surface area contributed by atoms with Crippen molar-refractivity contribution in [1.82, 2.24) is 0 Å². The van der Waals surface area contributed by atoms with E-state index in [0.29, 0.717) is 5.92 Å². The lowest BCUT2D eigenvalue weighted by Gasteiger charge is -2.02. The van der Waals surface area contributed by atoms with Crippen molar-refractivity contribution in [2.75, 3.05) is 0 Å². The fraction of sp³-hybridized carbons (Fsp3) is 0.333. The van der Waals surface area contributed by atoms with Crippen molar-refractivity contribution < 1.29 is 0 Å². The average molecular weight is 158 g/mol. The van der Waals surface area contributed by atoms with Gasteiger partial charge < -0.3 is 0 Å². The van der Waals surface area contributed by atoms with E-state index in [4.69, 9.17) is 6.42 Å². The van der Waals surface area contributed by atoms with Crippen molar-refractivity contribution in [3.05, 3.63) is 35.9 Å². The predicted octanol–water partition coefficient (Wildman–Crippen LogP) is 2.89. The van der Waals surface area contributed by atoms with Gasteiger partial charge in [-0.1, -0.05) is 37.3 Å². The maximum absolute atomic E-state index is 5.29. The van der Waals surface area contributed by atoms with Crippen LogP contribution in [0.2, 0.25) is 0 Å². The maximum Gasteiger partial charge on any atom is 0.0175 e. The van der Waals surface area contributed by atoms with Gasteiger partial charge in [0.1, 0.15) is 0 Å². The lowest BCUT2D eigenvalue weighted by Crippen LogP contribution is -1.93. The van der Waals surface area contributed by atoms with E-state index in [1.807, 2.05) is 6.07 Å². The van der Waals surface area contributed by atoms with Crippen LogP contribution in [-0.4, -0.2) is 0 Å². The van der Waals surface area contributed by atoms with E-state index in [1.54, 1.807) is 0 Å². The Balaban J connectivity index is 2.40. The molecule has 0 aliphatic heterocycles. The highest BCUT2D eigenvalue weighted by Crippen LogP contribution is 2.07. The number of rotatable bonds is 3. The SMILES string of the molecule is C#C[C@@H](C)CCc1ccccc1. The summed E-state index contributed by atoms with van der Waals surface area (Å²) in [6.07, 6.45) is 7.46. The fourth-order valence-electron chi connectivity index (χ4n) is 1.11. The number of benzene rings is 1. The lowest BCUT2D eigenvalue weighted by molar-refractivity contribution is 0.669. The zero-order valence-electron chi connectivity index (χ0n) is 7.46. The summed E-state index contributed by atoms with van der Waals surface area (Å²) in [4.78, 5) is 0. The molecule has 0 amide bonds. The number of aryl methyl sites for hydroxylation is 1. The molecule has 0 radical (unpaired) electrons. The second-order valence-electron chi connectivity index (χ2n) is 3.09. The number of terminal acetylenes is 1. The third-order valence-corrected chi connectivity index (χ3v) is 1.99. The van der Waals surface area contributed by atoms with Crippen LogP contribution in [-0.2, 0) is 6.42 Å². The molecule has 0 unspecified atom stereocenters. The standard InChI is InChI=1S/C12H14/c1-3-11(2)9-10-12-7-5-4-6-8-12/h1,4-8,11H,9-10H2,2H3/t11-/m1/s1. The van der Waals surface area contributed by atoms with Gasteiger partial charge >= 0.3 is 0 Å². The van der Waals surface area contributed by atoms with Crippen molar-refractivity contribution in [3.63, 3.8) is 0 Å². The van der Waals surface area contributed by atoms with E-state index < -0.39 is 0 Å². The van der Waals surface area contributed by atoms with Crippen molar-refractivity contribution in [2.24, 2.45) is 5.92 Å². The van der Waals surface area contributed by atoms with Crippen molar-refractivity contribution >= 4 is 0 Å². The largest absolute Gasteiger partial charge is 0.120 e. The van der Waals surface area contributed by atoms with E-state index >= 15 is 0 Å². The Bertz CT molecular complexity index is 253. The highest BCUT2D eigenvalue weighted by atomic mass is 14.0. The molecule has 0 saturated carbocycles. The molecule has 1 aromatic carbocycles. The maximum atomic E-state index is 5.29. The molecule has 0 fully saturated rings. The van der Waals surface area contributed by atoms with Crippen LogP contribution in [0.15, 0.2) is 30.3 Å². The van der Waals surface area contributed by atoms with Crippen LogP contribution < -0.4 is 0 Å². The summed E-state index contributed by atoms with van der Waals surface area (Å²) in [5.41, 5.74) is 1.37. The Morgan fingerprint density at radius 3 is 2.58 bits per heavy atom. The minimum Gasteiger partial charge on any atom is -0.120 e. The summed E-state index contributed by atoms with van der Waals surface area (Å²) < 4.78 is 0. The third-order valence-electron chi connectivity index (χ3n) is 1.99. The highest BCUT2D eigenvalue weighted by Gasteiger charge is 1.97. The molecule has 62 valence electrons. The van der Waals surface area contributed by atoms with E-state index in [1.165, 1.54) is 5.56 Å². The normalized spacial score (nSPS) is 12.0. The molecule has 0 saturated heterocycles. The molecule has 0 spiro atoms. The average Bonchev–Trinajstić information content (AvgIpc) is 2.16. The highest BCUT2D eigenvalue weighted by molar-refractivity contribution is 5.15. The molecule has 0 aromatic heterocycles. The first-order valence-electron chi connectivity index (χ1n) is 4.33. The van der Waals surface area contributed by atoms with Gasteiger partial charge in [-0.2, -0.15) is 0 Å². The summed E-state index contributed by atoms with van der Waals surface area (Å²) in [5, 5.41) is 0. The molecule has 0 heteroatoms. The van der Waals surface area contributed by atoms with Gasteiger partial charge in [0.25, 0.3) is 0 Å². The zero-order chi connectivity index (χ0) is 8.81. The van der Waals surface area contributed by atoms with Gasteiger partial charge in [-0.3, -0.25) is 0 Å². The van der Waals surface area contributed by atoms with Crippen LogP contribution >= 0.6 is 0 Å². The topological polar surface area (TPSA) is 0 Å². The Kier molecular flexibility index (Phi) is 3.41. The monoisotopic (exact) mass is 158 g/mol. The van der Waals surface area contributed by atoms with Gasteiger partial charge in [0.2, 0.25) is 0 Å². The Morgan fingerprint density at radius 1 is 1.33 bits per heavy atom. The molecule has 0 bridgehead atoms. The van der Waals surface area contributed by atoms with E-state index in [9.17, 15) is 0 Å². The van der Waals surface area contributed by atoms with Crippen LogP contribution in [0.5, 0.6) is 0 Å². The minimum atomic E-state index is 0.394. The van der Waals surface area contributed by atoms with Crippen LogP contribution in [0.4, 0.5) is 0 Å². The smallest absolute Gasteiger partial charge is 0.0175 e. The molecular formula is C12H14. The van der Waals surface area contributed by atoms with Gasteiger partial charge in [0.15, 0.2) is 0 Å². The molecule has 1 rings (SSSR count). The van der Waals surface area contributed by atoms with Crippen molar-refractivity contribution in [1.29, 1.82) is 0 Å². The summed E-state index contributed by atoms with van der Waals surface area (Å²) in [6.45, 7) is 2.09. The molecule has 0 heterocycles. The first-order chi connectivity index (χ1) is 5.83. The van der Waals surface area contributed by atoms with Gasteiger partial charge in [-0.05, 0) is 18.4 Å². The molecule has 1 aromatic rings. The summed E-state index contributed by atoms with van der Waals surface area (Å²) in [7, 11) is 0. The number of hydrogen-bond donors (Lipinski definition) is 0. The second kappa shape index (κ2) is 4.62. The van der Waals surface area contributed by atoms with Crippen LogP contribution in [0.25, 0.3) is 0 Å². The van der Waals surface area contributed by atoms with Gasteiger partial charge in [0, 0.05) is 5.92 Å². The fourth-order valence-corrected chi connectivity index (χ4v) is 1.11. The molecule has 0 nitrogen and oxygen atoms in total. The molecule has 0 N–H and O–H groups in total. The molecule has 12 heavy (non-hydrogen) atoms. The van der Waals surface area contributed by atoms with E-state index in [0.717, 1.165) is 12.8 Å². The summed E-state index contributed by atoms with van der Waals surface area (Å²) in [5.74, 6) is 3.13. The third kappa shape index (κ3) is 2.80. The Morgan fingerprint density at radius 2 is 2.00 bits per heavy atom. The second-order valence-corrected chi connectivity index (χ2v) is 3.09. The van der Waals surface area contributed by atoms with E-state index in [2.05, 4.69) is 37.1 Å². The van der Waals surface area contributed by atoms with Crippen LogP contribution in [0.3, 0.4) is 0 Å². The molecule has 1 atom stereocenters. The molecule has 0 aliphatic rings. The first-order valence-corrected chi connectivity index (χ1v) is 4.33. The molecular weight excluding hydrogens is 144 g/mol. The van der Waals surface area contributed by atoms with Gasteiger partial charge in [-0.25, -0.2) is 0 Å². The Hall–Kier alpha value is -1.22. The number of hydrogen-bond acceptors (Lipinski definition) is 0. The van der Waals surface area contributed by atoms with Crippen molar-refractivity contribution in [3.8, 4) is 12.3 Å². The summed E-state index contributed by atoms with van der Waals surface area (Å²) >= 11 is 0. The zero-order valence-corrected chi connectivity index (χ0v) is 7.46. The van der Waals surface area contributed by atoms with Crippen LogP contribution in [0.1, 0.15) is 18.9 Å². The van der Waals surface area contributed by atoms with Crippen LogP contribution in [0, 0.1) is 18.3 Å². The quantitative estimate of drug-likeness (QED) is 0.593. The van der Waals surface area contributed by atoms with Crippen molar-refractivity contribution in [2.45, 2.75) is 19.8 Å². The van der Waals surface area contributed by atoms with Gasteiger partial charge in [0.05, 0.1) is 0 Å². The predicted molar refractivity (Wildman–Crippen MR) is 52.8 cm³/mol. The van der Waals surface area contributed by atoms with Gasteiger partial charge in [-0.15, -0.1) is 12.3 Å². The first kappa shape index (κ1) is 8.87. The minimum absolute atomic E-state index is 0.394. The Labute approximate surface area is 74.6 Å². The summed E-state index contributed by atoms with van der Waals surface area (Å²) in [6, 6.07) is 10.5. The molecule has 0 aliphatic carbocycles. The lowest BCUT2D eigenvalue weighted by atomic mass is 10.0.